The Morgan fingerprint density at radius 3 is 2.88 bits per heavy atom. The van der Waals surface area contributed by atoms with Crippen molar-refractivity contribution in [3.8, 4) is 0 Å². The van der Waals surface area contributed by atoms with E-state index < -0.39 is 0 Å². The lowest BCUT2D eigenvalue weighted by Crippen LogP contribution is -2.47. The molecule has 0 fully saturated rings. The van der Waals surface area contributed by atoms with E-state index in [2.05, 4.69) is 60.4 Å². The number of carbonyl (C=O) groups is 1. The average molecular weight is 444 g/mol. The van der Waals surface area contributed by atoms with Gasteiger partial charge in [-0.25, -0.2) is 0 Å². The monoisotopic (exact) mass is 443 g/mol. The van der Waals surface area contributed by atoms with Gasteiger partial charge in [-0.15, -0.1) is 5.10 Å². The summed E-state index contributed by atoms with van der Waals surface area (Å²) in [6.45, 7) is 9.21. The Morgan fingerprint density at radius 2 is 2.12 bits per heavy atom. The molecule has 1 aliphatic rings. The first-order chi connectivity index (χ1) is 15.4. The summed E-state index contributed by atoms with van der Waals surface area (Å²) < 4.78 is 8.11. The topological polar surface area (TPSA) is 83.7 Å². The van der Waals surface area contributed by atoms with Gasteiger partial charge in [-0.1, -0.05) is 36.4 Å². The maximum Gasteiger partial charge on any atom is 0.222 e. The zero-order valence-electron chi connectivity index (χ0n) is 19.8. The summed E-state index contributed by atoms with van der Waals surface area (Å²) in [6.07, 6.45) is 2.91. The maximum atomic E-state index is 13.0. The smallest absolute Gasteiger partial charge is 0.222 e. The molecule has 0 aliphatic carbocycles. The highest BCUT2D eigenvalue weighted by molar-refractivity contribution is 5.76. The molecule has 32 heavy (non-hydrogen) atoms. The molecule has 2 heterocycles. The highest BCUT2D eigenvalue weighted by Crippen LogP contribution is 2.18. The van der Waals surface area contributed by atoms with Crippen LogP contribution in [0.3, 0.4) is 0 Å². The molecule has 2 bridgehead atoms. The molecular formula is C24H37N5O3. The van der Waals surface area contributed by atoms with E-state index in [1.165, 1.54) is 11.1 Å². The van der Waals surface area contributed by atoms with E-state index in [4.69, 9.17) is 4.74 Å². The van der Waals surface area contributed by atoms with Crippen LogP contribution in [-0.4, -0.2) is 74.7 Å². The third-order valence-corrected chi connectivity index (χ3v) is 6.24. The van der Waals surface area contributed by atoms with Crippen LogP contribution in [0.25, 0.3) is 0 Å². The molecule has 3 atom stereocenters. The number of aryl methyl sites for hydroxylation is 2. The van der Waals surface area contributed by atoms with Gasteiger partial charge >= 0.3 is 0 Å². The van der Waals surface area contributed by atoms with Crippen molar-refractivity contribution in [2.75, 3.05) is 26.7 Å². The molecule has 0 spiro atoms. The standard InChI is InChI=1S/C24H37N5O3/c1-18-8-5-6-9-21(18)13-27(4)15-23-19(2)12-29(20(3)16-30)24(31)10-7-11-28-14-22(17-32-23)25-26-28/h5-6,8-9,14,19-20,23,30H,7,10-13,15-17H2,1-4H3/t19-,20+,23-/m1/s1. The van der Waals surface area contributed by atoms with Crippen LogP contribution in [-0.2, 0) is 29.2 Å². The summed E-state index contributed by atoms with van der Waals surface area (Å²) in [5, 5.41) is 18.1. The third-order valence-electron chi connectivity index (χ3n) is 6.24. The zero-order valence-corrected chi connectivity index (χ0v) is 19.8. The molecule has 1 N–H and O–H groups in total. The van der Waals surface area contributed by atoms with E-state index in [0.717, 1.165) is 18.8 Å². The number of likely N-dealkylation sites (N-methyl/N-ethyl adjacent to an activating group) is 1. The fourth-order valence-corrected chi connectivity index (χ4v) is 4.14. The summed E-state index contributed by atoms with van der Waals surface area (Å²) >= 11 is 0. The maximum absolute atomic E-state index is 13.0. The van der Waals surface area contributed by atoms with Gasteiger partial charge in [0.15, 0.2) is 0 Å². The number of rotatable bonds is 6. The molecular weight excluding hydrogens is 406 g/mol. The van der Waals surface area contributed by atoms with Crippen molar-refractivity contribution < 1.29 is 14.6 Å². The van der Waals surface area contributed by atoms with Gasteiger partial charge in [-0.2, -0.15) is 0 Å². The number of carbonyl (C=O) groups excluding carboxylic acids is 1. The Hall–Kier alpha value is -2.29. The minimum Gasteiger partial charge on any atom is -0.394 e. The van der Waals surface area contributed by atoms with Crippen LogP contribution in [0, 0.1) is 12.8 Å². The van der Waals surface area contributed by atoms with E-state index in [1.807, 2.05) is 18.0 Å². The van der Waals surface area contributed by atoms with E-state index >= 15 is 0 Å². The first-order valence-electron chi connectivity index (χ1n) is 11.5. The average Bonchev–Trinajstić information content (AvgIpc) is 3.23. The molecule has 0 saturated heterocycles. The first kappa shape index (κ1) is 24.4. The molecule has 1 aromatic heterocycles. The van der Waals surface area contributed by atoms with Gasteiger partial charge in [0.25, 0.3) is 0 Å². The predicted octanol–water partition coefficient (Wildman–Crippen LogP) is 2.24. The second-order valence-electron chi connectivity index (χ2n) is 9.10. The Bertz CT molecular complexity index is 871. The van der Waals surface area contributed by atoms with Crippen molar-refractivity contribution in [2.24, 2.45) is 5.92 Å². The number of aromatic nitrogens is 3. The normalized spacial score (nSPS) is 21.7. The molecule has 0 unspecified atom stereocenters. The van der Waals surface area contributed by atoms with Crippen molar-refractivity contribution >= 4 is 5.91 Å². The number of hydrogen-bond acceptors (Lipinski definition) is 6. The summed E-state index contributed by atoms with van der Waals surface area (Å²) in [5.74, 6) is 0.146. The number of aliphatic hydroxyl groups is 1. The Kier molecular flexibility index (Phi) is 8.78. The van der Waals surface area contributed by atoms with Gasteiger partial charge in [-0.3, -0.25) is 14.4 Å². The second kappa shape index (κ2) is 11.5. The van der Waals surface area contributed by atoms with Crippen molar-refractivity contribution in [2.45, 2.75) is 65.5 Å². The molecule has 0 saturated carbocycles. The Labute approximate surface area is 191 Å². The Morgan fingerprint density at radius 1 is 1.34 bits per heavy atom. The van der Waals surface area contributed by atoms with Crippen LogP contribution in [0.2, 0.25) is 0 Å². The van der Waals surface area contributed by atoms with Crippen molar-refractivity contribution in [1.29, 1.82) is 0 Å². The van der Waals surface area contributed by atoms with Gasteiger partial charge in [0.1, 0.15) is 5.69 Å². The van der Waals surface area contributed by atoms with Crippen LogP contribution in [0.4, 0.5) is 0 Å². The Balaban J connectivity index is 1.77. The SMILES string of the molecule is Cc1ccccc1CN(C)C[C@H]1OCc2cn(nn2)CCCC(=O)N([C@@H](C)CO)C[C@H]1C. The van der Waals surface area contributed by atoms with E-state index in [-0.39, 0.29) is 30.6 Å². The van der Waals surface area contributed by atoms with E-state index in [0.29, 0.717) is 32.5 Å². The molecule has 176 valence electrons. The van der Waals surface area contributed by atoms with Gasteiger partial charge in [0.05, 0.1) is 31.6 Å². The minimum absolute atomic E-state index is 0.0524. The largest absolute Gasteiger partial charge is 0.394 e. The predicted molar refractivity (Wildman–Crippen MR) is 123 cm³/mol. The van der Waals surface area contributed by atoms with Crippen LogP contribution in [0.5, 0.6) is 0 Å². The summed E-state index contributed by atoms with van der Waals surface area (Å²) in [7, 11) is 2.10. The van der Waals surface area contributed by atoms with Crippen molar-refractivity contribution in [3.63, 3.8) is 0 Å². The van der Waals surface area contributed by atoms with Gasteiger partial charge in [-0.05, 0) is 38.4 Å². The molecule has 3 rings (SSSR count). The molecule has 1 aliphatic heterocycles. The summed E-state index contributed by atoms with van der Waals surface area (Å²) in [6, 6.07) is 8.18. The summed E-state index contributed by atoms with van der Waals surface area (Å²) in [5.41, 5.74) is 3.37. The van der Waals surface area contributed by atoms with Gasteiger partial charge in [0.2, 0.25) is 5.91 Å². The number of fused-ring (bicyclic) bond motifs is 2. The lowest BCUT2D eigenvalue weighted by Gasteiger charge is -2.35. The van der Waals surface area contributed by atoms with Crippen molar-refractivity contribution in [3.05, 3.63) is 47.3 Å². The highest BCUT2D eigenvalue weighted by atomic mass is 16.5. The lowest BCUT2D eigenvalue weighted by atomic mass is 10.0. The van der Waals surface area contributed by atoms with Gasteiger partial charge < -0.3 is 14.7 Å². The fraction of sp³-hybridized carbons (Fsp3) is 0.625. The quantitative estimate of drug-likeness (QED) is 0.737. The minimum atomic E-state index is -0.224. The van der Waals surface area contributed by atoms with Crippen molar-refractivity contribution in [1.82, 2.24) is 24.8 Å². The molecule has 2 aromatic rings. The molecule has 0 radical (unpaired) electrons. The number of ether oxygens (including phenoxy) is 1. The number of hydrogen-bond donors (Lipinski definition) is 1. The van der Waals surface area contributed by atoms with E-state index in [1.54, 1.807) is 4.68 Å². The first-order valence-corrected chi connectivity index (χ1v) is 11.5. The number of amides is 1. The zero-order chi connectivity index (χ0) is 23.1. The van der Waals surface area contributed by atoms with E-state index in [9.17, 15) is 9.90 Å². The van der Waals surface area contributed by atoms with Crippen LogP contribution < -0.4 is 0 Å². The summed E-state index contributed by atoms with van der Waals surface area (Å²) in [4.78, 5) is 17.0. The fourth-order valence-electron chi connectivity index (χ4n) is 4.14. The molecule has 8 nitrogen and oxygen atoms in total. The van der Waals surface area contributed by atoms with Crippen LogP contribution in [0.1, 0.15) is 43.5 Å². The highest BCUT2D eigenvalue weighted by Gasteiger charge is 2.28. The number of benzene rings is 1. The number of aliphatic hydroxyl groups excluding tert-OH is 1. The number of nitrogens with zero attached hydrogens (tertiary/aromatic N) is 5. The molecule has 8 heteroatoms. The molecule has 1 amide bonds. The second-order valence-corrected chi connectivity index (χ2v) is 9.10. The van der Waals surface area contributed by atoms with Gasteiger partial charge in [0, 0.05) is 38.5 Å². The third kappa shape index (κ3) is 6.60. The molecule has 1 aromatic carbocycles. The van der Waals surface area contributed by atoms with Crippen LogP contribution in [0.15, 0.2) is 30.5 Å². The van der Waals surface area contributed by atoms with Crippen LogP contribution >= 0.6 is 0 Å². The lowest BCUT2D eigenvalue weighted by molar-refractivity contribution is -0.136.